The van der Waals surface area contributed by atoms with Crippen LogP contribution in [0.5, 0.6) is 0 Å². The second kappa shape index (κ2) is 2.38. The third kappa shape index (κ3) is 0.998. The molecule has 66 valence electrons. The first-order valence-corrected chi connectivity index (χ1v) is 4.82. The topological polar surface area (TPSA) is 13.1 Å². The highest BCUT2D eigenvalue weighted by Crippen LogP contribution is 2.48. The summed E-state index contributed by atoms with van der Waals surface area (Å²) in [6.07, 6.45) is 3.12. The van der Waals surface area contributed by atoms with Crippen molar-refractivity contribution < 1.29 is 4.42 Å². The Bertz CT molecular complexity index is 441. The van der Waals surface area contributed by atoms with Gasteiger partial charge < -0.3 is 4.42 Å². The second-order valence-corrected chi connectivity index (χ2v) is 4.00. The first-order valence-electron chi connectivity index (χ1n) is 4.82. The molecule has 0 saturated heterocycles. The average molecular weight is 172 g/mol. The first-order chi connectivity index (χ1) is 6.36. The zero-order valence-corrected chi connectivity index (χ0v) is 7.66. The predicted molar refractivity (Wildman–Crippen MR) is 52.7 cm³/mol. The Balaban J connectivity index is 2.22. The van der Waals surface area contributed by atoms with Crippen LogP contribution in [-0.2, 0) is 0 Å². The largest absolute Gasteiger partial charge is 0.464 e. The van der Waals surface area contributed by atoms with Crippen LogP contribution in [0.15, 0.2) is 34.9 Å². The Hall–Kier alpha value is -1.24. The van der Waals surface area contributed by atoms with Crippen molar-refractivity contribution in [1.82, 2.24) is 0 Å². The molecule has 0 spiro atoms. The van der Waals surface area contributed by atoms with Crippen LogP contribution in [0.4, 0.5) is 0 Å². The van der Waals surface area contributed by atoms with Gasteiger partial charge in [-0.1, -0.05) is 19.1 Å². The zero-order valence-electron chi connectivity index (χ0n) is 7.66. The molecule has 0 radical (unpaired) electrons. The van der Waals surface area contributed by atoms with Gasteiger partial charge in [0.15, 0.2) is 0 Å². The van der Waals surface area contributed by atoms with Gasteiger partial charge in [-0.25, -0.2) is 0 Å². The molecule has 1 nitrogen and oxygen atoms in total. The fraction of sp³-hybridized carbons (Fsp3) is 0.333. The Morgan fingerprint density at radius 2 is 2.15 bits per heavy atom. The first kappa shape index (κ1) is 7.19. The monoisotopic (exact) mass is 172 g/mol. The summed E-state index contributed by atoms with van der Waals surface area (Å²) in [5.74, 6) is 1.64. The van der Waals surface area contributed by atoms with Gasteiger partial charge in [-0.15, -0.1) is 0 Å². The molecule has 0 amide bonds. The van der Waals surface area contributed by atoms with Crippen molar-refractivity contribution in [2.24, 2.45) is 5.92 Å². The minimum Gasteiger partial charge on any atom is -0.464 e. The highest BCUT2D eigenvalue weighted by molar-refractivity contribution is 5.81. The van der Waals surface area contributed by atoms with Crippen molar-refractivity contribution >= 4 is 11.0 Å². The van der Waals surface area contributed by atoms with Gasteiger partial charge >= 0.3 is 0 Å². The summed E-state index contributed by atoms with van der Waals surface area (Å²) < 4.78 is 5.37. The fourth-order valence-corrected chi connectivity index (χ4v) is 2.10. The molecular weight excluding hydrogens is 160 g/mol. The Morgan fingerprint density at radius 1 is 1.31 bits per heavy atom. The van der Waals surface area contributed by atoms with E-state index in [2.05, 4.69) is 25.1 Å². The molecular formula is C12H12O. The summed E-state index contributed by atoms with van der Waals surface area (Å²) >= 11 is 0. The third-order valence-corrected chi connectivity index (χ3v) is 3.04. The van der Waals surface area contributed by atoms with E-state index in [4.69, 9.17) is 4.42 Å². The van der Waals surface area contributed by atoms with Gasteiger partial charge in [0.2, 0.25) is 0 Å². The van der Waals surface area contributed by atoms with Gasteiger partial charge in [0, 0.05) is 5.39 Å². The second-order valence-electron chi connectivity index (χ2n) is 4.00. The maximum Gasteiger partial charge on any atom is 0.134 e. The minimum atomic E-state index is 0.779. The summed E-state index contributed by atoms with van der Waals surface area (Å²) in [6.45, 7) is 2.31. The quantitative estimate of drug-likeness (QED) is 0.641. The highest BCUT2D eigenvalue weighted by atomic mass is 16.3. The lowest BCUT2D eigenvalue weighted by Crippen LogP contribution is -1.81. The van der Waals surface area contributed by atoms with Crippen LogP contribution in [0.3, 0.4) is 0 Å². The lowest BCUT2D eigenvalue weighted by molar-refractivity contribution is 0.615. The summed E-state index contributed by atoms with van der Waals surface area (Å²) in [5.41, 5.74) is 2.50. The standard InChI is InChI=1S/C12H12O/c1-8-7-11(8)9-3-2-4-12-10(9)5-6-13-12/h2-6,8,11H,7H2,1H3. The third-order valence-electron chi connectivity index (χ3n) is 3.04. The molecule has 1 aliphatic carbocycles. The molecule has 1 heteroatoms. The molecule has 1 aromatic heterocycles. The maximum atomic E-state index is 5.37. The normalized spacial score (nSPS) is 26.5. The van der Waals surface area contributed by atoms with Crippen LogP contribution in [0.1, 0.15) is 24.8 Å². The molecule has 2 atom stereocenters. The van der Waals surface area contributed by atoms with Crippen molar-refractivity contribution in [3.8, 4) is 0 Å². The van der Waals surface area contributed by atoms with E-state index in [1.54, 1.807) is 6.26 Å². The molecule has 0 bridgehead atoms. The van der Waals surface area contributed by atoms with Gasteiger partial charge in [-0.2, -0.15) is 0 Å². The van der Waals surface area contributed by atoms with Crippen molar-refractivity contribution in [2.45, 2.75) is 19.3 Å². The van der Waals surface area contributed by atoms with Crippen LogP contribution >= 0.6 is 0 Å². The van der Waals surface area contributed by atoms with Crippen molar-refractivity contribution in [3.63, 3.8) is 0 Å². The van der Waals surface area contributed by atoms with Crippen LogP contribution in [0.25, 0.3) is 11.0 Å². The molecule has 2 unspecified atom stereocenters. The predicted octanol–water partition coefficient (Wildman–Crippen LogP) is 3.56. The Labute approximate surface area is 77.4 Å². The average Bonchev–Trinajstić information content (AvgIpc) is 2.66. The summed E-state index contributed by atoms with van der Waals surface area (Å²) in [4.78, 5) is 0. The molecule has 0 aliphatic heterocycles. The molecule has 0 N–H and O–H groups in total. The number of rotatable bonds is 1. The van der Waals surface area contributed by atoms with Crippen molar-refractivity contribution in [3.05, 3.63) is 36.1 Å². The number of fused-ring (bicyclic) bond motifs is 1. The molecule has 1 aromatic carbocycles. The SMILES string of the molecule is CC1CC1c1cccc2occc12. The van der Waals surface area contributed by atoms with Gasteiger partial charge in [0.05, 0.1) is 6.26 Å². The summed E-state index contributed by atoms with van der Waals surface area (Å²) in [6, 6.07) is 8.43. The number of benzene rings is 1. The molecule has 13 heavy (non-hydrogen) atoms. The van der Waals surface area contributed by atoms with E-state index in [1.165, 1.54) is 17.4 Å². The van der Waals surface area contributed by atoms with E-state index in [-0.39, 0.29) is 0 Å². The van der Waals surface area contributed by atoms with Gasteiger partial charge in [-0.3, -0.25) is 0 Å². The van der Waals surface area contributed by atoms with E-state index >= 15 is 0 Å². The fourth-order valence-electron chi connectivity index (χ4n) is 2.10. The van der Waals surface area contributed by atoms with E-state index in [0.29, 0.717) is 0 Å². The van der Waals surface area contributed by atoms with Crippen LogP contribution in [-0.4, -0.2) is 0 Å². The highest BCUT2D eigenvalue weighted by Gasteiger charge is 2.35. The van der Waals surface area contributed by atoms with Crippen LogP contribution < -0.4 is 0 Å². The zero-order chi connectivity index (χ0) is 8.84. The van der Waals surface area contributed by atoms with Crippen LogP contribution in [0, 0.1) is 5.92 Å². The Kier molecular flexibility index (Phi) is 1.32. The Morgan fingerprint density at radius 3 is 2.92 bits per heavy atom. The van der Waals surface area contributed by atoms with E-state index in [0.717, 1.165) is 17.4 Å². The lowest BCUT2D eigenvalue weighted by atomic mass is 10.1. The molecule has 3 rings (SSSR count). The minimum absolute atomic E-state index is 0.779. The smallest absolute Gasteiger partial charge is 0.134 e. The van der Waals surface area contributed by atoms with E-state index in [1.807, 2.05) is 6.07 Å². The molecule has 2 aromatic rings. The van der Waals surface area contributed by atoms with E-state index < -0.39 is 0 Å². The maximum absolute atomic E-state index is 5.37. The number of furan rings is 1. The lowest BCUT2D eigenvalue weighted by Gasteiger charge is -1.99. The van der Waals surface area contributed by atoms with Crippen LogP contribution in [0.2, 0.25) is 0 Å². The van der Waals surface area contributed by atoms with Crippen molar-refractivity contribution in [2.75, 3.05) is 0 Å². The number of hydrogen-bond acceptors (Lipinski definition) is 1. The molecule has 1 fully saturated rings. The summed E-state index contributed by atoms with van der Waals surface area (Å²) in [5, 5.41) is 1.30. The van der Waals surface area contributed by atoms with Gasteiger partial charge in [-0.05, 0) is 36.0 Å². The molecule has 1 saturated carbocycles. The van der Waals surface area contributed by atoms with Gasteiger partial charge in [0.1, 0.15) is 5.58 Å². The van der Waals surface area contributed by atoms with Gasteiger partial charge in [0.25, 0.3) is 0 Å². The number of hydrogen-bond donors (Lipinski definition) is 0. The van der Waals surface area contributed by atoms with E-state index in [9.17, 15) is 0 Å². The molecule has 1 aliphatic rings. The molecule has 1 heterocycles. The summed E-state index contributed by atoms with van der Waals surface area (Å²) in [7, 11) is 0. The van der Waals surface area contributed by atoms with Crippen molar-refractivity contribution in [1.29, 1.82) is 0 Å².